The van der Waals surface area contributed by atoms with Gasteiger partial charge in [0, 0.05) is 6.04 Å². The number of aryl methyl sites for hydroxylation is 1. The summed E-state index contributed by atoms with van der Waals surface area (Å²) in [6.45, 7) is 2.14. The lowest BCUT2D eigenvalue weighted by Crippen LogP contribution is -2.30. The number of carbonyl (C=O) groups is 1. The molecule has 0 heterocycles. The van der Waals surface area contributed by atoms with Crippen molar-refractivity contribution in [3.05, 3.63) is 35.4 Å². The van der Waals surface area contributed by atoms with E-state index in [2.05, 4.69) is 12.2 Å². The molecule has 0 aromatic heterocycles. The number of nitrogens with one attached hydrogen (secondary N) is 1. The number of carboxylic acid groups (broad SMARTS) is 1. The van der Waals surface area contributed by atoms with Crippen LogP contribution in [0.2, 0.25) is 0 Å². The van der Waals surface area contributed by atoms with E-state index in [0.29, 0.717) is 6.04 Å². The van der Waals surface area contributed by atoms with Crippen LogP contribution >= 0.6 is 0 Å². The van der Waals surface area contributed by atoms with Crippen molar-refractivity contribution in [2.45, 2.75) is 44.7 Å². The molecule has 0 radical (unpaired) electrons. The van der Waals surface area contributed by atoms with Gasteiger partial charge in [-0.05, 0) is 30.4 Å². The second-order valence-electron chi connectivity index (χ2n) is 4.70. The van der Waals surface area contributed by atoms with Crippen molar-refractivity contribution in [2.24, 2.45) is 0 Å². The number of hydrogen-bond donors (Lipinski definition) is 2. The summed E-state index contributed by atoms with van der Waals surface area (Å²) in [5.41, 5.74) is 2.12. The van der Waals surface area contributed by atoms with Crippen LogP contribution in [0.15, 0.2) is 24.3 Å². The lowest BCUT2D eigenvalue weighted by atomic mass is 10.0. The first-order valence-electron chi connectivity index (χ1n) is 6.28. The highest BCUT2D eigenvalue weighted by molar-refractivity contribution is 5.75. The van der Waals surface area contributed by atoms with Gasteiger partial charge in [-0.15, -0.1) is 0 Å². The molecule has 1 fully saturated rings. The Kier molecular flexibility index (Phi) is 3.79. The molecule has 0 amide bonds. The second-order valence-corrected chi connectivity index (χ2v) is 4.70. The molecule has 0 aliphatic heterocycles. The van der Waals surface area contributed by atoms with E-state index in [9.17, 15) is 9.90 Å². The van der Waals surface area contributed by atoms with Gasteiger partial charge < -0.3 is 5.11 Å². The van der Waals surface area contributed by atoms with E-state index in [1.54, 1.807) is 0 Å². The summed E-state index contributed by atoms with van der Waals surface area (Å²) < 4.78 is 0. The number of hydrogen-bond acceptors (Lipinski definition) is 2. The van der Waals surface area contributed by atoms with Gasteiger partial charge >= 0.3 is 5.97 Å². The van der Waals surface area contributed by atoms with Crippen LogP contribution in [0, 0.1) is 0 Å². The molecule has 2 rings (SSSR count). The molecule has 2 N–H and O–H groups in total. The Morgan fingerprint density at radius 3 is 2.53 bits per heavy atom. The van der Waals surface area contributed by atoms with Gasteiger partial charge in [-0.2, -0.15) is 0 Å². The molecule has 92 valence electrons. The Hall–Kier alpha value is -1.35. The number of aliphatic carboxylic acids is 1. The molecule has 1 unspecified atom stereocenters. The second kappa shape index (κ2) is 5.32. The van der Waals surface area contributed by atoms with Crippen molar-refractivity contribution < 1.29 is 9.90 Å². The molecule has 3 nitrogen and oxygen atoms in total. The highest BCUT2D eigenvalue weighted by atomic mass is 16.4. The van der Waals surface area contributed by atoms with Crippen molar-refractivity contribution >= 4 is 5.97 Å². The standard InChI is InChI=1S/C14H19NO2/c1-2-3-10-4-6-11(7-5-10)13(14(16)17)15-12-8-9-12/h4-7,12-13,15H,2-3,8-9H2,1H3,(H,16,17). The Morgan fingerprint density at radius 2 is 2.06 bits per heavy atom. The largest absolute Gasteiger partial charge is 0.480 e. The average molecular weight is 233 g/mol. The molecule has 0 bridgehead atoms. The predicted octanol–water partition coefficient (Wildman–Crippen LogP) is 2.52. The molecular formula is C14H19NO2. The summed E-state index contributed by atoms with van der Waals surface area (Å²) in [7, 11) is 0. The quantitative estimate of drug-likeness (QED) is 0.793. The zero-order valence-electron chi connectivity index (χ0n) is 10.1. The van der Waals surface area contributed by atoms with Crippen LogP contribution in [0.1, 0.15) is 43.4 Å². The Bertz CT molecular complexity index is 382. The number of rotatable bonds is 6. The number of carboxylic acids is 1. The van der Waals surface area contributed by atoms with E-state index in [0.717, 1.165) is 31.2 Å². The van der Waals surface area contributed by atoms with Gasteiger partial charge in [-0.3, -0.25) is 10.1 Å². The van der Waals surface area contributed by atoms with Gasteiger partial charge in [-0.25, -0.2) is 0 Å². The van der Waals surface area contributed by atoms with E-state index in [-0.39, 0.29) is 0 Å². The monoisotopic (exact) mass is 233 g/mol. The molecule has 1 aliphatic carbocycles. The first kappa shape index (κ1) is 12.1. The summed E-state index contributed by atoms with van der Waals surface area (Å²) in [6.07, 6.45) is 4.35. The lowest BCUT2D eigenvalue weighted by Gasteiger charge is -2.14. The molecular weight excluding hydrogens is 214 g/mol. The maximum absolute atomic E-state index is 11.2. The highest BCUT2D eigenvalue weighted by Crippen LogP contribution is 2.24. The van der Waals surface area contributed by atoms with Gasteiger partial charge in [-0.1, -0.05) is 37.6 Å². The van der Waals surface area contributed by atoms with Crippen LogP contribution in [0.25, 0.3) is 0 Å². The van der Waals surface area contributed by atoms with E-state index >= 15 is 0 Å². The summed E-state index contributed by atoms with van der Waals surface area (Å²) in [4.78, 5) is 11.2. The van der Waals surface area contributed by atoms with Crippen LogP contribution in [-0.4, -0.2) is 17.1 Å². The van der Waals surface area contributed by atoms with Crippen molar-refractivity contribution in [1.82, 2.24) is 5.32 Å². The molecule has 0 spiro atoms. The molecule has 17 heavy (non-hydrogen) atoms. The minimum atomic E-state index is -0.792. The Labute approximate surface area is 102 Å². The molecule has 1 aromatic carbocycles. The minimum absolute atomic E-state index is 0.395. The van der Waals surface area contributed by atoms with Crippen molar-refractivity contribution in [3.63, 3.8) is 0 Å². The van der Waals surface area contributed by atoms with Crippen LogP contribution in [0.5, 0.6) is 0 Å². The Morgan fingerprint density at radius 1 is 1.41 bits per heavy atom. The van der Waals surface area contributed by atoms with Gasteiger partial charge in [0.15, 0.2) is 0 Å². The maximum atomic E-state index is 11.2. The van der Waals surface area contributed by atoms with Crippen LogP contribution < -0.4 is 5.32 Å². The molecule has 1 saturated carbocycles. The molecule has 3 heteroatoms. The smallest absolute Gasteiger partial charge is 0.325 e. The molecule has 1 atom stereocenters. The summed E-state index contributed by atoms with van der Waals surface area (Å²) in [5, 5.41) is 12.4. The first-order valence-corrected chi connectivity index (χ1v) is 6.28. The Balaban J connectivity index is 2.08. The fraction of sp³-hybridized carbons (Fsp3) is 0.500. The van der Waals surface area contributed by atoms with E-state index < -0.39 is 12.0 Å². The summed E-state index contributed by atoms with van der Waals surface area (Å²) in [6, 6.07) is 7.76. The lowest BCUT2D eigenvalue weighted by molar-refractivity contribution is -0.139. The van der Waals surface area contributed by atoms with Crippen LogP contribution in [-0.2, 0) is 11.2 Å². The summed E-state index contributed by atoms with van der Waals surface area (Å²) in [5.74, 6) is -0.792. The fourth-order valence-electron chi connectivity index (χ4n) is 1.96. The summed E-state index contributed by atoms with van der Waals surface area (Å²) >= 11 is 0. The highest BCUT2D eigenvalue weighted by Gasteiger charge is 2.29. The zero-order chi connectivity index (χ0) is 12.3. The normalized spacial score (nSPS) is 16.8. The van der Waals surface area contributed by atoms with Gasteiger partial charge in [0.1, 0.15) is 6.04 Å². The molecule has 1 aromatic rings. The van der Waals surface area contributed by atoms with Crippen molar-refractivity contribution in [1.29, 1.82) is 0 Å². The first-order chi connectivity index (χ1) is 8.20. The third kappa shape index (κ3) is 3.30. The van der Waals surface area contributed by atoms with Gasteiger partial charge in [0.2, 0.25) is 0 Å². The number of benzene rings is 1. The third-order valence-corrected chi connectivity index (χ3v) is 3.08. The van der Waals surface area contributed by atoms with Gasteiger partial charge in [0.25, 0.3) is 0 Å². The van der Waals surface area contributed by atoms with Crippen molar-refractivity contribution in [3.8, 4) is 0 Å². The fourth-order valence-corrected chi connectivity index (χ4v) is 1.96. The molecule has 1 aliphatic rings. The third-order valence-electron chi connectivity index (χ3n) is 3.08. The minimum Gasteiger partial charge on any atom is -0.480 e. The van der Waals surface area contributed by atoms with Crippen LogP contribution in [0.3, 0.4) is 0 Å². The van der Waals surface area contributed by atoms with E-state index in [4.69, 9.17) is 0 Å². The van der Waals surface area contributed by atoms with Crippen LogP contribution in [0.4, 0.5) is 0 Å². The molecule has 0 saturated heterocycles. The van der Waals surface area contributed by atoms with E-state index in [1.807, 2.05) is 24.3 Å². The van der Waals surface area contributed by atoms with E-state index in [1.165, 1.54) is 5.56 Å². The topological polar surface area (TPSA) is 49.3 Å². The zero-order valence-corrected chi connectivity index (χ0v) is 10.1. The maximum Gasteiger partial charge on any atom is 0.325 e. The van der Waals surface area contributed by atoms with Crippen molar-refractivity contribution in [2.75, 3.05) is 0 Å². The average Bonchev–Trinajstić information content (AvgIpc) is 3.11. The SMILES string of the molecule is CCCc1ccc(C(NC2CC2)C(=O)O)cc1. The van der Waals surface area contributed by atoms with Gasteiger partial charge in [0.05, 0.1) is 0 Å². The predicted molar refractivity (Wildman–Crippen MR) is 67.0 cm³/mol.